The van der Waals surface area contributed by atoms with Crippen LogP contribution in [0.4, 0.5) is 17.1 Å². The lowest BCUT2D eigenvalue weighted by Crippen LogP contribution is -2.16. The summed E-state index contributed by atoms with van der Waals surface area (Å²) >= 11 is 0. The first-order chi connectivity index (χ1) is 35.5. The Hall–Kier alpha value is -8.52. The van der Waals surface area contributed by atoms with Crippen molar-refractivity contribution in [1.29, 1.82) is 0 Å². The zero-order chi connectivity index (χ0) is 49.8. The van der Waals surface area contributed by atoms with Gasteiger partial charge in [-0.15, -0.1) is 0 Å². The van der Waals surface area contributed by atoms with Gasteiger partial charge in [0.15, 0.2) is 0 Å². The highest BCUT2D eigenvalue weighted by atomic mass is 15.1. The van der Waals surface area contributed by atoms with Crippen LogP contribution in [0.15, 0.2) is 249 Å². The van der Waals surface area contributed by atoms with Crippen molar-refractivity contribution in [2.75, 3.05) is 4.90 Å². The number of hydrogen-bond acceptors (Lipinski definition) is 1. The Morgan fingerprint density at radius 2 is 0.699 bits per heavy atom. The summed E-state index contributed by atoms with van der Waals surface area (Å²) in [7, 11) is 0. The van der Waals surface area contributed by atoms with Gasteiger partial charge in [-0.05, 0) is 134 Å². The maximum Gasteiger partial charge on any atom is 0.0540 e. The summed E-state index contributed by atoms with van der Waals surface area (Å²) in [5.74, 6) is 0. The molecule has 0 spiro atoms. The summed E-state index contributed by atoms with van der Waals surface area (Å²) in [5.41, 5.74) is 18.0. The maximum absolute atomic E-state index is 2.50. The van der Waals surface area contributed by atoms with Crippen LogP contribution in [0.5, 0.6) is 0 Å². The van der Waals surface area contributed by atoms with Gasteiger partial charge in [-0.2, -0.15) is 0 Å². The van der Waals surface area contributed by atoms with E-state index in [1.54, 1.807) is 0 Å². The van der Waals surface area contributed by atoms with E-state index in [2.05, 4.69) is 295 Å². The van der Waals surface area contributed by atoms with Gasteiger partial charge in [0.05, 0.1) is 11.4 Å². The van der Waals surface area contributed by atoms with E-state index in [1.807, 2.05) is 0 Å². The fourth-order valence-electron chi connectivity index (χ4n) is 11.1. The van der Waals surface area contributed by atoms with Crippen LogP contribution in [0.1, 0.15) is 52.7 Å². The molecule has 0 atom stereocenters. The fraction of sp³-hybridized carbons (Fsp3) is 0.111. The Morgan fingerprint density at radius 3 is 1.34 bits per heavy atom. The Morgan fingerprint density at radius 1 is 0.260 bits per heavy atom. The standard InChI is InChI=1S/C72H59N/c1-71(2,3)55-45-54(46-56(47-55)72(4,5)6)61-29-16-22-53-23-17-32-67(70(53)61)66-27-12-14-34-69(66)73(68-33-13-11-26-65(68)63-31-18-30-62-60-25-10-8-20-51(60)41-44-64(62)63)57-42-39-49(40-43-57)48-35-37-52(38-36-48)59-28-15-21-50-19-7-9-24-58(50)59/h7-47H,1-6H3. The zero-order valence-electron chi connectivity index (χ0n) is 42.6. The molecule has 0 unspecified atom stereocenters. The van der Waals surface area contributed by atoms with Gasteiger partial charge in [0.1, 0.15) is 0 Å². The summed E-state index contributed by atoms with van der Waals surface area (Å²) in [6.07, 6.45) is 0. The van der Waals surface area contributed by atoms with Gasteiger partial charge in [-0.1, -0.05) is 266 Å². The molecule has 0 bridgehead atoms. The predicted octanol–water partition coefficient (Wildman–Crippen LogP) is 20.7. The van der Waals surface area contributed by atoms with Crippen molar-refractivity contribution >= 4 is 60.2 Å². The molecule has 0 aromatic heterocycles. The predicted molar refractivity (Wildman–Crippen MR) is 316 cm³/mol. The van der Waals surface area contributed by atoms with E-state index in [-0.39, 0.29) is 10.8 Å². The van der Waals surface area contributed by atoms with Crippen LogP contribution in [0.3, 0.4) is 0 Å². The van der Waals surface area contributed by atoms with Gasteiger partial charge < -0.3 is 4.90 Å². The largest absolute Gasteiger partial charge is 0.309 e. The highest BCUT2D eigenvalue weighted by Gasteiger charge is 2.25. The summed E-state index contributed by atoms with van der Waals surface area (Å²) in [6.45, 7) is 14.0. The minimum Gasteiger partial charge on any atom is -0.309 e. The second kappa shape index (κ2) is 18.3. The highest BCUT2D eigenvalue weighted by molar-refractivity contribution is 6.14. The van der Waals surface area contributed by atoms with Crippen LogP contribution in [0.25, 0.3) is 98.7 Å². The fourth-order valence-corrected chi connectivity index (χ4v) is 11.1. The number of anilines is 3. The number of hydrogen-bond donors (Lipinski definition) is 0. The Kier molecular flexibility index (Phi) is 11.4. The number of fused-ring (bicyclic) bond motifs is 5. The molecule has 12 aromatic carbocycles. The average molecular weight is 938 g/mol. The van der Waals surface area contributed by atoms with Crippen LogP contribution in [-0.2, 0) is 10.8 Å². The molecule has 0 aliphatic rings. The van der Waals surface area contributed by atoms with E-state index in [4.69, 9.17) is 0 Å². The third-order valence-electron chi connectivity index (χ3n) is 15.0. The van der Waals surface area contributed by atoms with Crippen molar-refractivity contribution < 1.29 is 0 Å². The first-order valence-corrected chi connectivity index (χ1v) is 25.7. The quantitative estimate of drug-likeness (QED) is 0.137. The number of rotatable bonds is 8. The summed E-state index contributed by atoms with van der Waals surface area (Å²) in [6, 6.07) is 92.4. The molecule has 12 aromatic rings. The van der Waals surface area contributed by atoms with Gasteiger partial charge in [0.25, 0.3) is 0 Å². The first kappa shape index (κ1) is 45.6. The first-order valence-electron chi connectivity index (χ1n) is 25.7. The molecule has 0 saturated carbocycles. The molecular formula is C72H59N. The molecule has 12 rings (SSSR count). The molecule has 352 valence electrons. The summed E-state index contributed by atoms with van der Waals surface area (Å²) < 4.78 is 0. The molecule has 0 radical (unpaired) electrons. The third kappa shape index (κ3) is 8.45. The Labute approximate surface area is 430 Å². The molecule has 73 heavy (non-hydrogen) atoms. The van der Waals surface area contributed by atoms with Crippen molar-refractivity contribution in [3.63, 3.8) is 0 Å². The highest BCUT2D eigenvalue weighted by Crippen LogP contribution is 2.49. The van der Waals surface area contributed by atoms with Crippen molar-refractivity contribution in [2.24, 2.45) is 0 Å². The smallest absolute Gasteiger partial charge is 0.0540 e. The van der Waals surface area contributed by atoms with Crippen molar-refractivity contribution in [3.05, 3.63) is 260 Å². The molecule has 0 N–H and O–H groups in total. The van der Waals surface area contributed by atoms with E-state index < -0.39 is 0 Å². The average Bonchev–Trinajstić information content (AvgIpc) is 3.42. The normalized spacial score (nSPS) is 12.0. The number of para-hydroxylation sites is 2. The topological polar surface area (TPSA) is 3.24 Å². The van der Waals surface area contributed by atoms with E-state index in [9.17, 15) is 0 Å². The van der Waals surface area contributed by atoms with E-state index >= 15 is 0 Å². The monoisotopic (exact) mass is 937 g/mol. The number of benzene rings is 12. The van der Waals surface area contributed by atoms with E-state index in [1.165, 1.54) is 104 Å². The van der Waals surface area contributed by atoms with Gasteiger partial charge in [0.2, 0.25) is 0 Å². The van der Waals surface area contributed by atoms with E-state index in [0.717, 1.165) is 22.6 Å². The lowest BCUT2D eigenvalue weighted by molar-refractivity contribution is 0.569. The second-order valence-electron chi connectivity index (χ2n) is 21.7. The summed E-state index contributed by atoms with van der Waals surface area (Å²) in [5, 5.41) is 9.97. The van der Waals surface area contributed by atoms with E-state index in [0.29, 0.717) is 0 Å². The second-order valence-corrected chi connectivity index (χ2v) is 21.7. The van der Waals surface area contributed by atoms with Gasteiger partial charge in [-0.25, -0.2) is 0 Å². The number of nitrogens with zero attached hydrogens (tertiary/aromatic N) is 1. The van der Waals surface area contributed by atoms with Gasteiger partial charge in [0, 0.05) is 16.8 Å². The minimum atomic E-state index is -0.0163. The minimum absolute atomic E-state index is 0.0163. The summed E-state index contributed by atoms with van der Waals surface area (Å²) in [4.78, 5) is 2.50. The van der Waals surface area contributed by atoms with Crippen molar-refractivity contribution in [1.82, 2.24) is 0 Å². The van der Waals surface area contributed by atoms with Gasteiger partial charge >= 0.3 is 0 Å². The molecule has 0 aliphatic heterocycles. The van der Waals surface area contributed by atoms with Gasteiger partial charge in [-0.3, -0.25) is 0 Å². The molecule has 1 nitrogen and oxygen atoms in total. The van der Waals surface area contributed by atoms with Crippen molar-refractivity contribution in [3.8, 4) is 55.6 Å². The van der Waals surface area contributed by atoms with Crippen LogP contribution in [-0.4, -0.2) is 0 Å². The van der Waals surface area contributed by atoms with Crippen molar-refractivity contribution in [2.45, 2.75) is 52.4 Å². The SMILES string of the molecule is CC(C)(C)c1cc(-c2cccc3cccc(-c4ccccc4N(c4ccc(-c5ccc(-c6cccc7ccccc67)cc5)cc4)c4ccccc4-c4cccc5c4ccc4ccccc45)c23)cc(C(C)(C)C)c1. The molecule has 0 amide bonds. The van der Waals surface area contributed by atoms with Crippen LogP contribution in [0, 0.1) is 0 Å². The molecule has 0 aliphatic carbocycles. The molecule has 0 saturated heterocycles. The lowest BCUT2D eigenvalue weighted by Gasteiger charge is -2.30. The maximum atomic E-state index is 2.50. The third-order valence-corrected chi connectivity index (χ3v) is 15.0. The molecule has 0 fully saturated rings. The molecular weight excluding hydrogens is 879 g/mol. The lowest BCUT2D eigenvalue weighted by atomic mass is 9.78. The zero-order valence-corrected chi connectivity index (χ0v) is 42.6. The molecule has 0 heterocycles. The molecule has 1 heteroatoms. The van der Waals surface area contributed by atoms with Crippen LogP contribution >= 0.6 is 0 Å². The Balaban J connectivity index is 1.05. The van der Waals surface area contributed by atoms with Crippen LogP contribution < -0.4 is 4.90 Å². The Bertz CT molecular complexity index is 3990. The van der Waals surface area contributed by atoms with Crippen LogP contribution in [0.2, 0.25) is 0 Å².